The molecule has 2 rings (SSSR count). The summed E-state index contributed by atoms with van der Waals surface area (Å²) in [6.07, 6.45) is 0. The zero-order valence-corrected chi connectivity index (χ0v) is 10.5. The van der Waals surface area contributed by atoms with Crippen LogP contribution < -0.4 is 5.69 Å². The molecule has 17 heavy (non-hydrogen) atoms. The SMILES string of the molecule is Cn1c(Sc2cccc(Cl)c2CO)n[nH]c1=O. The van der Waals surface area contributed by atoms with Crippen LogP contribution in [0.3, 0.4) is 0 Å². The predicted molar refractivity (Wildman–Crippen MR) is 65.3 cm³/mol. The zero-order valence-electron chi connectivity index (χ0n) is 8.98. The first kappa shape index (κ1) is 12.2. The molecule has 0 fully saturated rings. The fraction of sp³-hybridized carbons (Fsp3) is 0.200. The minimum atomic E-state index is -0.278. The molecular weight excluding hydrogens is 262 g/mol. The van der Waals surface area contributed by atoms with E-state index >= 15 is 0 Å². The lowest BCUT2D eigenvalue weighted by atomic mass is 10.2. The molecule has 0 unspecified atom stereocenters. The molecule has 5 nitrogen and oxygen atoms in total. The van der Waals surface area contributed by atoms with E-state index in [1.165, 1.54) is 16.3 Å². The first-order valence-electron chi connectivity index (χ1n) is 4.81. The summed E-state index contributed by atoms with van der Waals surface area (Å²) < 4.78 is 1.40. The van der Waals surface area contributed by atoms with E-state index in [1.54, 1.807) is 19.2 Å². The number of halogens is 1. The molecule has 0 amide bonds. The van der Waals surface area contributed by atoms with Crippen molar-refractivity contribution < 1.29 is 5.11 Å². The molecule has 2 aromatic rings. The Labute approximate surface area is 106 Å². The summed E-state index contributed by atoms with van der Waals surface area (Å²) in [6, 6.07) is 5.32. The van der Waals surface area contributed by atoms with E-state index in [0.29, 0.717) is 15.7 Å². The molecule has 90 valence electrons. The Morgan fingerprint density at radius 2 is 2.35 bits per heavy atom. The van der Waals surface area contributed by atoms with E-state index in [4.69, 9.17) is 11.6 Å². The first-order chi connectivity index (χ1) is 8.13. The van der Waals surface area contributed by atoms with Crippen molar-refractivity contribution in [1.29, 1.82) is 0 Å². The molecule has 0 aliphatic carbocycles. The summed E-state index contributed by atoms with van der Waals surface area (Å²) in [5.74, 6) is 0. The highest BCUT2D eigenvalue weighted by Crippen LogP contribution is 2.31. The summed E-state index contributed by atoms with van der Waals surface area (Å²) in [5, 5.41) is 16.5. The minimum Gasteiger partial charge on any atom is -0.392 e. The molecule has 0 radical (unpaired) electrons. The lowest BCUT2D eigenvalue weighted by Gasteiger charge is -2.07. The standard InChI is InChI=1S/C10H10ClN3O2S/c1-14-9(16)12-13-10(14)17-8-4-2-3-7(11)6(8)5-15/h2-4,15H,5H2,1H3,(H,12,16). The van der Waals surface area contributed by atoms with Crippen molar-refractivity contribution in [3.05, 3.63) is 39.3 Å². The molecule has 0 saturated heterocycles. The van der Waals surface area contributed by atoms with Gasteiger partial charge in [-0.05, 0) is 23.9 Å². The Hall–Kier alpha value is -1.24. The zero-order chi connectivity index (χ0) is 12.4. The number of rotatable bonds is 3. The van der Waals surface area contributed by atoms with Crippen LogP contribution in [0.4, 0.5) is 0 Å². The van der Waals surface area contributed by atoms with E-state index in [-0.39, 0.29) is 12.3 Å². The molecule has 1 aromatic heterocycles. The molecule has 1 aromatic carbocycles. The fourth-order valence-corrected chi connectivity index (χ4v) is 2.55. The number of nitrogens with one attached hydrogen (secondary N) is 1. The van der Waals surface area contributed by atoms with E-state index in [9.17, 15) is 9.90 Å². The van der Waals surface area contributed by atoms with Crippen molar-refractivity contribution in [1.82, 2.24) is 14.8 Å². The molecule has 7 heteroatoms. The Balaban J connectivity index is 2.39. The third kappa shape index (κ3) is 2.38. The van der Waals surface area contributed by atoms with Gasteiger partial charge in [-0.3, -0.25) is 4.57 Å². The smallest absolute Gasteiger partial charge is 0.343 e. The van der Waals surface area contributed by atoms with Crippen LogP contribution in [0.1, 0.15) is 5.56 Å². The van der Waals surface area contributed by atoms with E-state index in [1.807, 2.05) is 6.07 Å². The quantitative estimate of drug-likeness (QED) is 0.885. The highest BCUT2D eigenvalue weighted by Gasteiger charge is 2.11. The normalized spacial score (nSPS) is 10.8. The second kappa shape index (κ2) is 4.95. The van der Waals surface area contributed by atoms with Crippen LogP contribution >= 0.6 is 23.4 Å². The topological polar surface area (TPSA) is 70.9 Å². The number of aliphatic hydroxyl groups is 1. The van der Waals surface area contributed by atoms with Crippen LogP contribution in [0.5, 0.6) is 0 Å². The summed E-state index contributed by atoms with van der Waals surface area (Å²) in [5.41, 5.74) is 0.356. The average molecular weight is 272 g/mol. The number of H-pyrrole nitrogens is 1. The van der Waals surface area contributed by atoms with Gasteiger partial charge in [-0.2, -0.15) is 0 Å². The highest BCUT2D eigenvalue weighted by atomic mass is 35.5. The van der Waals surface area contributed by atoms with Gasteiger partial charge in [-0.1, -0.05) is 17.7 Å². The number of nitrogens with zero attached hydrogens (tertiary/aromatic N) is 2. The Morgan fingerprint density at radius 3 is 2.94 bits per heavy atom. The van der Waals surface area contributed by atoms with Gasteiger partial charge in [0, 0.05) is 22.5 Å². The summed E-state index contributed by atoms with van der Waals surface area (Å²) >= 11 is 7.25. The number of aromatic amines is 1. The van der Waals surface area contributed by atoms with Gasteiger partial charge in [0.05, 0.1) is 6.61 Å². The van der Waals surface area contributed by atoms with Crippen molar-refractivity contribution in [2.45, 2.75) is 16.7 Å². The number of aliphatic hydroxyl groups excluding tert-OH is 1. The van der Waals surface area contributed by atoms with Crippen molar-refractivity contribution in [3.63, 3.8) is 0 Å². The molecule has 0 saturated carbocycles. The number of benzene rings is 1. The summed E-state index contributed by atoms with van der Waals surface area (Å²) in [4.78, 5) is 12.0. The van der Waals surface area contributed by atoms with Gasteiger partial charge in [0.2, 0.25) is 0 Å². The van der Waals surface area contributed by atoms with Gasteiger partial charge in [0.15, 0.2) is 5.16 Å². The van der Waals surface area contributed by atoms with Gasteiger partial charge in [0.25, 0.3) is 0 Å². The molecular formula is C10H10ClN3O2S. The van der Waals surface area contributed by atoms with E-state index in [2.05, 4.69) is 10.2 Å². The van der Waals surface area contributed by atoms with Crippen LogP contribution in [0.2, 0.25) is 5.02 Å². The molecule has 0 aliphatic rings. The highest BCUT2D eigenvalue weighted by molar-refractivity contribution is 7.99. The van der Waals surface area contributed by atoms with Crippen LogP contribution in [-0.4, -0.2) is 19.9 Å². The van der Waals surface area contributed by atoms with Gasteiger partial charge >= 0.3 is 5.69 Å². The maximum atomic E-state index is 11.2. The first-order valence-corrected chi connectivity index (χ1v) is 6.00. The molecule has 2 N–H and O–H groups in total. The predicted octanol–water partition coefficient (Wildman–Crippen LogP) is 1.41. The van der Waals surface area contributed by atoms with Crippen LogP contribution in [0.15, 0.2) is 33.0 Å². The van der Waals surface area contributed by atoms with Crippen LogP contribution in [-0.2, 0) is 13.7 Å². The Morgan fingerprint density at radius 1 is 1.59 bits per heavy atom. The maximum absolute atomic E-state index is 11.2. The molecule has 0 atom stereocenters. The third-order valence-electron chi connectivity index (χ3n) is 2.27. The van der Waals surface area contributed by atoms with Gasteiger partial charge in [0.1, 0.15) is 0 Å². The minimum absolute atomic E-state index is 0.152. The summed E-state index contributed by atoms with van der Waals surface area (Å²) in [6.45, 7) is -0.152. The van der Waals surface area contributed by atoms with Crippen LogP contribution in [0.25, 0.3) is 0 Å². The maximum Gasteiger partial charge on any atom is 0.343 e. The lowest BCUT2D eigenvalue weighted by molar-refractivity contribution is 0.279. The molecule has 0 aliphatic heterocycles. The molecule has 1 heterocycles. The van der Waals surface area contributed by atoms with Crippen molar-refractivity contribution in [2.75, 3.05) is 0 Å². The van der Waals surface area contributed by atoms with Gasteiger partial charge in [-0.15, -0.1) is 5.10 Å². The van der Waals surface area contributed by atoms with Crippen molar-refractivity contribution in [2.24, 2.45) is 7.05 Å². The Kier molecular flexibility index (Phi) is 3.56. The monoisotopic (exact) mass is 271 g/mol. The second-order valence-corrected chi connectivity index (χ2v) is 4.76. The average Bonchev–Trinajstić information content (AvgIpc) is 2.61. The van der Waals surface area contributed by atoms with Gasteiger partial charge in [-0.25, -0.2) is 9.89 Å². The lowest BCUT2D eigenvalue weighted by Crippen LogP contribution is -2.12. The van der Waals surface area contributed by atoms with E-state index in [0.717, 1.165) is 4.90 Å². The van der Waals surface area contributed by atoms with E-state index < -0.39 is 0 Å². The summed E-state index contributed by atoms with van der Waals surface area (Å²) in [7, 11) is 1.62. The number of hydrogen-bond donors (Lipinski definition) is 2. The number of hydrogen-bond acceptors (Lipinski definition) is 4. The van der Waals surface area contributed by atoms with Gasteiger partial charge < -0.3 is 5.11 Å². The van der Waals surface area contributed by atoms with Crippen LogP contribution in [0, 0.1) is 0 Å². The fourth-order valence-electron chi connectivity index (χ4n) is 1.31. The Bertz CT molecular complexity index is 593. The number of aromatic nitrogens is 3. The van der Waals surface area contributed by atoms with Crippen molar-refractivity contribution >= 4 is 23.4 Å². The third-order valence-corrected chi connectivity index (χ3v) is 3.78. The molecule has 0 bridgehead atoms. The van der Waals surface area contributed by atoms with Crippen molar-refractivity contribution in [3.8, 4) is 0 Å². The second-order valence-electron chi connectivity index (χ2n) is 3.35. The molecule has 0 spiro atoms. The largest absolute Gasteiger partial charge is 0.392 e.